The Kier molecular flexibility index (Phi) is 5.72. The van der Waals surface area contributed by atoms with Crippen molar-refractivity contribution in [2.45, 2.75) is 25.9 Å². The van der Waals surface area contributed by atoms with Gasteiger partial charge in [-0.1, -0.05) is 35.9 Å². The molecule has 2 aliphatic rings. The number of carbonyl (C=O) groups is 3. The summed E-state index contributed by atoms with van der Waals surface area (Å²) in [6.07, 6.45) is 0. The Labute approximate surface area is 211 Å². The van der Waals surface area contributed by atoms with Crippen LogP contribution in [0, 0.1) is 17.0 Å². The van der Waals surface area contributed by atoms with Crippen LogP contribution >= 0.6 is 11.6 Å². The van der Waals surface area contributed by atoms with Gasteiger partial charge in [0.15, 0.2) is 0 Å². The quantitative estimate of drug-likeness (QED) is 0.208. The van der Waals surface area contributed by atoms with Crippen molar-refractivity contribution in [1.29, 1.82) is 0 Å². The van der Waals surface area contributed by atoms with Crippen LogP contribution in [0.15, 0.2) is 60.7 Å². The van der Waals surface area contributed by atoms with E-state index in [-0.39, 0.29) is 11.1 Å². The van der Waals surface area contributed by atoms with E-state index in [1.54, 1.807) is 42.5 Å². The first kappa shape index (κ1) is 23.5. The molecule has 36 heavy (non-hydrogen) atoms. The summed E-state index contributed by atoms with van der Waals surface area (Å²) < 4.78 is 5.51. The molecule has 2 atom stereocenters. The number of β-lactam (4-membered cyclic amide) rings is 1. The Morgan fingerprint density at radius 1 is 0.972 bits per heavy atom. The average Bonchev–Trinajstić information content (AvgIpc) is 3.10. The molecule has 2 heterocycles. The molecule has 10 heteroatoms. The fourth-order valence-corrected chi connectivity index (χ4v) is 4.87. The first-order valence-corrected chi connectivity index (χ1v) is 11.6. The summed E-state index contributed by atoms with van der Waals surface area (Å²) >= 11 is 6.32. The SMILES string of the molecule is CCOc1ccc([C@@H]2[C@H](N3C(=O)c4cccc([N+](=O)[O-])c4C3=O)C(=O)N2c2ccc(C)c(Cl)c2)cc1. The van der Waals surface area contributed by atoms with Crippen LogP contribution in [-0.4, -0.2) is 40.2 Å². The van der Waals surface area contributed by atoms with Gasteiger partial charge in [-0.2, -0.15) is 0 Å². The monoisotopic (exact) mass is 505 g/mol. The zero-order valence-corrected chi connectivity index (χ0v) is 20.1. The van der Waals surface area contributed by atoms with E-state index in [0.29, 0.717) is 28.6 Å². The second kappa shape index (κ2) is 8.76. The topological polar surface area (TPSA) is 110 Å². The molecule has 0 unspecified atom stereocenters. The molecule has 3 amide bonds. The van der Waals surface area contributed by atoms with Crippen molar-refractivity contribution in [3.8, 4) is 5.75 Å². The second-order valence-electron chi connectivity index (χ2n) is 8.47. The zero-order chi connectivity index (χ0) is 25.7. The third-order valence-corrected chi connectivity index (χ3v) is 6.84. The van der Waals surface area contributed by atoms with E-state index in [9.17, 15) is 24.5 Å². The number of aryl methyl sites for hydroxylation is 1. The van der Waals surface area contributed by atoms with Crippen LogP contribution in [0.1, 0.15) is 44.8 Å². The van der Waals surface area contributed by atoms with Gasteiger partial charge >= 0.3 is 0 Å². The number of nitro groups is 1. The number of rotatable bonds is 6. The van der Waals surface area contributed by atoms with Gasteiger partial charge < -0.3 is 9.64 Å². The molecule has 0 bridgehead atoms. The number of amides is 3. The first-order valence-electron chi connectivity index (χ1n) is 11.2. The van der Waals surface area contributed by atoms with Crippen LogP contribution < -0.4 is 9.64 Å². The Morgan fingerprint density at radius 2 is 1.69 bits per heavy atom. The van der Waals surface area contributed by atoms with Gasteiger partial charge in [-0.05, 0) is 55.3 Å². The molecular weight excluding hydrogens is 486 g/mol. The van der Waals surface area contributed by atoms with Crippen LogP contribution in [-0.2, 0) is 4.79 Å². The molecule has 1 fully saturated rings. The van der Waals surface area contributed by atoms with Crippen LogP contribution in [0.5, 0.6) is 5.75 Å². The minimum atomic E-state index is -1.19. The lowest BCUT2D eigenvalue weighted by Crippen LogP contribution is -2.67. The lowest BCUT2D eigenvalue weighted by atomic mass is 9.86. The van der Waals surface area contributed by atoms with Gasteiger partial charge in [0.1, 0.15) is 17.4 Å². The molecule has 0 aromatic heterocycles. The van der Waals surface area contributed by atoms with Gasteiger partial charge in [0, 0.05) is 16.8 Å². The van der Waals surface area contributed by atoms with Crippen molar-refractivity contribution in [2.75, 3.05) is 11.5 Å². The van der Waals surface area contributed by atoms with E-state index in [1.807, 2.05) is 13.8 Å². The van der Waals surface area contributed by atoms with Crippen molar-refractivity contribution in [3.05, 3.63) is 98.1 Å². The molecule has 0 saturated carbocycles. The smallest absolute Gasteiger partial charge is 0.282 e. The summed E-state index contributed by atoms with van der Waals surface area (Å²) in [6.45, 7) is 4.17. The molecule has 1 saturated heterocycles. The zero-order valence-electron chi connectivity index (χ0n) is 19.3. The number of ether oxygens (including phenoxy) is 1. The van der Waals surface area contributed by atoms with E-state index >= 15 is 0 Å². The van der Waals surface area contributed by atoms with Gasteiger partial charge in [0.05, 0.1) is 23.1 Å². The van der Waals surface area contributed by atoms with Crippen LogP contribution in [0.2, 0.25) is 5.02 Å². The number of imide groups is 1. The Hall–Kier alpha value is -4.24. The summed E-state index contributed by atoms with van der Waals surface area (Å²) in [5, 5.41) is 12.0. The maximum absolute atomic E-state index is 13.5. The highest BCUT2D eigenvalue weighted by Gasteiger charge is 2.58. The summed E-state index contributed by atoms with van der Waals surface area (Å²) in [5.74, 6) is -1.47. The molecule has 2 aliphatic heterocycles. The molecule has 3 aromatic rings. The molecule has 5 rings (SSSR count). The maximum atomic E-state index is 13.5. The van der Waals surface area contributed by atoms with E-state index in [1.165, 1.54) is 23.1 Å². The van der Waals surface area contributed by atoms with E-state index in [2.05, 4.69) is 0 Å². The number of fused-ring (bicyclic) bond motifs is 1. The Bertz CT molecular complexity index is 1440. The normalized spacial score (nSPS) is 18.8. The number of anilines is 1. The number of hydrogen-bond donors (Lipinski definition) is 0. The molecule has 0 radical (unpaired) electrons. The lowest BCUT2D eigenvalue weighted by molar-refractivity contribution is -0.385. The van der Waals surface area contributed by atoms with Crippen molar-refractivity contribution < 1.29 is 24.0 Å². The third kappa shape index (κ3) is 3.51. The van der Waals surface area contributed by atoms with Crippen LogP contribution in [0.25, 0.3) is 0 Å². The number of benzene rings is 3. The summed E-state index contributed by atoms with van der Waals surface area (Å²) in [6, 6.07) is 14.1. The van der Waals surface area contributed by atoms with Gasteiger partial charge in [0.2, 0.25) is 0 Å². The summed E-state index contributed by atoms with van der Waals surface area (Å²) in [5.41, 5.74) is 1.13. The molecular formula is C26H20ClN3O6. The largest absolute Gasteiger partial charge is 0.494 e. The van der Waals surface area contributed by atoms with Gasteiger partial charge in [-0.3, -0.25) is 29.4 Å². The third-order valence-electron chi connectivity index (χ3n) is 6.43. The first-order chi connectivity index (χ1) is 17.2. The number of carbonyl (C=O) groups excluding carboxylic acids is 3. The highest BCUT2D eigenvalue weighted by Crippen LogP contribution is 2.46. The van der Waals surface area contributed by atoms with Crippen molar-refractivity contribution in [3.63, 3.8) is 0 Å². The van der Waals surface area contributed by atoms with Gasteiger partial charge in [-0.25, -0.2) is 0 Å². The minimum Gasteiger partial charge on any atom is -0.494 e. The van der Waals surface area contributed by atoms with Gasteiger partial charge in [-0.15, -0.1) is 0 Å². The average molecular weight is 506 g/mol. The number of nitrogens with zero attached hydrogens (tertiary/aromatic N) is 3. The van der Waals surface area contributed by atoms with Gasteiger partial charge in [0.25, 0.3) is 23.4 Å². The summed E-state index contributed by atoms with van der Waals surface area (Å²) in [4.78, 5) is 53.3. The fraction of sp³-hybridized carbons (Fsp3) is 0.192. The minimum absolute atomic E-state index is 0.0933. The fourth-order valence-electron chi connectivity index (χ4n) is 4.69. The highest BCUT2D eigenvalue weighted by molar-refractivity contribution is 6.32. The van der Waals surface area contributed by atoms with Crippen molar-refractivity contribution >= 4 is 40.7 Å². The van der Waals surface area contributed by atoms with E-state index < -0.39 is 40.4 Å². The standard InChI is InChI=1S/C26H20ClN3O6/c1-3-36-17-11-8-15(9-12-17)22-23(26(33)28(22)16-10-7-14(2)19(27)13-16)29-24(31)18-5-4-6-20(30(34)35)21(18)25(29)32/h4-13,22-23H,3H2,1-2H3/t22-,23+/m1/s1. The molecule has 0 aliphatic carbocycles. The number of hydrogen-bond acceptors (Lipinski definition) is 6. The summed E-state index contributed by atoms with van der Waals surface area (Å²) in [7, 11) is 0. The molecule has 0 N–H and O–H groups in total. The number of nitro benzene ring substituents is 1. The van der Waals surface area contributed by atoms with Crippen molar-refractivity contribution in [2.24, 2.45) is 0 Å². The molecule has 0 spiro atoms. The predicted molar refractivity (Wildman–Crippen MR) is 131 cm³/mol. The predicted octanol–water partition coefficient (Wildman–Crippen LogP) is 4.71. The molecule has 9 nitrogen and oxygen atoms in total. The Morgan fingerprint density at radius 3 is 2.33 bits per heavy atom. The van der Waals surface area contributed by atoms with E-state index in [4.69, 9.17) is 16.3 Å². The highest BCUT2D eigenvalue weighted by atomic mass is 35.5. The molecule has 3 aromatic carbocycles. The van der Waals surface area contributed by atoms with E-state index in [0.717, 1.165) is 10.5 Å². The molecule has 182 valence electrons. The van der Waals surface area contributed by atoms with Crippen molar-refractivity contribution in [1.82, 2.24) is 4.90 Å². The second-order valence-corrected chi connectivity index (χ2v) is 8.88. The maximum Gasteiger partial charge on any atom is 0.282 e. The van der Waals surface area contributed by atoms with Crippen LogP contribution in [0.4, 0.5) is 11.4 Å². The van der Waals surface area contributed by atoms with Crippen LogP contribution in [0.3, 0.4) is 0 Å². The Balaban J connectivity index is 1.59. The number of halogens is 1. The lowest BCUT2D eigenvalue weighted by Gasteiger charge is -2.49.